The fourth-order valence-electron chi connectivity index (χ4n) is 3.06. The highest BCUT2D eigenvalue weighted by atomic mass is 16.5. The molecule has 0 radical (unpaired) electrons. The number of carbonyl (C=O) groups excluding carboxylic acids is 1. The van der Waals surface area contributed by atoms with Gasteiger partial charge in [0.15, 0.2) is 0 Å². The number of ether oxygens (including phenoxy) is 2. The highest BCUT2D eigenvalue weighted by Gasteiger charge is 2.35. The predicted octanol–water partition coefficient (Wildman–Crippen LogP) is 1.51. The van der Waals surface area contributed by atoms with Gasteiger partial charge in [0.2, 0.25) is 5.91 Å². The number of amides is 1. The molecule has 1 aromatic carbocycles. The summed E-state index contributed by atoms with van der Waals surface area (Å²) in [7, 11) is 1.68. The Bertz CT molecular complexity index is 512. The number of hydrogen-bond donors (Lipinski definition) is 2. The van der Waals surface area contributed by atoms with Crippen LogP contribution in [0.4, 0.5) is 5.69 Å². The molecule has 3 rings (SSSR count). The second-order valence-corrected chi connectivity index (χ2v) is 5.84. The third-order valence-corrected chi connectivity index (χ3v) is 4.48. The van der Waals surface area contributed by atoms with Crippen LogP contribution in [0.1, 0.15) is 24.3 Å². The summed E-state index contributed by atoms with van der Waals surface area (Å²) in [4.78, 5) is 12.2. The summed E-state index contributed by atoms with van der Waals surface area (Å²) in [5, 5.41) is 6.35. The Balaban J connectivity index is 1.53. The van der Waals surface area contributed by atoms with E-state index in [4.69, 9.17) is 9.47 Å². The summed E-state index contributed by atoms with van der Waals surface area (Å²) in [5.74, 6) is 0.321. The Morgan fingerprint density at radius 1 is 1.52 bits per heavy atom. The molecule has 0 bridgehead atoms. The highest BCUT2D eigenvalue weighted by molar-refractivity contribution is 5.78. The van der Waals surface area contributed by atoms with Crippen LogP contribution < -0.4 is 10.6 Å². The average molecular weight is 290 g/mol. The molecular weight excluding hydrogens is 268 g/mol. The summed E-state index contributed by atoms with van der Waals surface area (Å²) in [6.07, 6.45) is 1.34. The summed E-state index contributed by atoms with van der Waals surface area (Å²) >= 11 is 0. The summed E-state index contributed by atoms with van der Waals surface area (Å²) in [6, 6.07) is 8.18. The van der Waals surface area contributed by atoms with Crippen molar-refractivity contribution in [1.29, 1.82) is 0 Å². The van der Waals surface area contributed by atoms with Crippen LogP contribution in [-0.2, 0) is 14.3 Å². The van der Waals surface area contributed by atoms with E-state index in [2.05, 4.69) is 22.8 Å². The molecule has 1 amide bonds. The number of benzene rings is 1. The van der Waals surface area contributed by atoms with Gasteiger partial charge in [0.05, 0.1) is 6.61 Å². The molecule has 21 heavy (non-hydrogen) atoms. The zero-order valence-corrected chi connectivity index (χ0v) is 12.4. The Morgan fingerprint density at radius 2 is 2.38 bits per heavy atom. The van der Waals surface area contributed by atoms with Gasteiger partial charge in [-0.25, -0.2) is 0 Å². The third-order valence-electron chi connectivity index (χ3n) is 4.48. The van der Waals surface area contributed by atoms with Crippen molar-refractivity contribution in [1.82, 2.24) is 5.32 Å². The van der Waals surface area contributed by atoms with Crippen molar-refractivity contribution in [2.24, 2.45) is 0 Å². The van der Waals surface area contributed by atoms with Crippen LogP contribution in [0, 0.1) is 0 Å². The molecule has 1 aromatic rings. The van der Waals surface area contributed by atoms with Crippen molar-refractivity contribution in [3.63, 3.8) is 0 Å². The quantitative estimate of drug-likeness (QED) is 0.863. The molecule has 2 heterocycles. The van der Waals surface area contributed by atoms with Gasteiger partial charge in [0.25, 0.3) is 0 Å². The molecule has 2 N–H and O–H groups in total. The van der Waals surface area contributed by atoms with Gasteiger partial charge in [-0.15, -0.1) is 0 Å². The topological polar surface area (TPSA) is 59.6 Å². The molecular formula is C16H22N2O3. The van der Waals surface area contributed by atoms with Gasteiger partial charge in [-0.3, -0.25) is 4.79 Å². The average Bonchev–Trinajstić information content (AvgIpc) is 3.14. The lowest BCUT2D eigenvalue weighted by molar-refractivity contribution is -0.123. The summed E-state index contributed by atoms with van der Waals surface area (Å²) in [5.41, 5.74) is 2.03. The number of nitrogens with one attached hydrogen (secondary N) is 2. The van der Waals surface area contributed by atoms with Crippen LogP contribution in [0.2, 0.25) is 0 Å². The van der Waals surface area contributed by atoms with E-state index in [0.717, 1.165) is 18.7 Å². The van der Waals surface area contributed by atoms with Crippen LogP contribution in [0.15, 0.2) is 24.3 Å². The highest BCUT2D eigenvalue weighted by Crippen LogP contribution is 2.33. The van der Waals surface area contributed by atoms with Crippen LogP contribution >= 0.6 is 0 Å². The molecule has 2 unspecified atom stereocenters. The van der Waals surface area contributed by atoms with E-state index in [1.807, 2.05) is 12.1 Å². The smallest absolute Gasteiger partial charge is 0.220 e. The molecule has 0 aromatic heterocycles. The molecule has 1 saturated heterocycles. The largest absolute Gasteiger partial charge is 0.384 e. The van der Waals surface area contributed by atoms with E-state index >= 15 is 0 Å². The number of rotatable bonds is 5. The Morgan fingerprint density at radius 3 is 3.14 bits per heavy atom. The van der Waals surface area contributed by atoms with Crippen molar-refractivity contribution in [2.75, 3.05) is 38.7 Å². The van der Waals surface area contributed by atoms with Crippen molar-refractivity contribution < 1.29 is 14.3 Å². The number of fused-ring (bicyclic) bond motifs is 1. The van der Waals surface area contributed by atoms with Gasteiger partial charge < -0.3 is 20.1 Å². The lowest BCUT2D eigenvalue weighted by atomic mass is 9.97. The zero-order chi connectivity index (χ0) is 14.7. The van der Waals surface area contributed by atoms with Gasteiger partial charge in [-0.05, 0) is 11.6 Å². The van der Waals surface area contributed by atoms with E-state index in [1.54, 1.807) is 7.11 Å². The molecule has 5 heteroatoms. The predicted molar refractivity (Wildman–Crippen MR) is 80.5 cm³/mol. The van der Waals surface area contributed by atoms with Crippen molar-refractivity contribution in [2.45, 2.75) is 24.4 Å². The van der Waals surface area contributed by atoms with Crippen molar-refractivity contribution in [3.05, 3.63) is 29.8 Å². The van der Waals surface area contributed by atoms with E-state index in [1.165, 1.54) is 5.56 Å². The lowest BCUT2D eigenvalue weighted by Gasteiger charge is -2.26. The third kappa shape index (κ3) is 3.04. The zero-order valence-electron chi connectivity index (χ0n) is 12.4. The first-order valence-corrected chi connectivity index (χ1v) is 7.45. The fraction of sp³-hybridized carbons (Fsp3) is 0.562. The Labute approximate surface area is 125 Å². The second-order valence-electron chi connectivity index (χ2n) is 5.84. The number of para-hydroxylation sites is 1. The number of carbonyl (C=O) groups is 1. The van der Waals surface area contributed by atoms with E-state index in [-0.39, 0.29) is 17.4 Å². The molecule has 0 aliphatic carbocycles. The Kier molecular flexibility index (Phi) is 4.12. The summed E-state index contributed by atoms with van der Waals surface area (Å²) in [6.45, 7) is 2.59. The maximum atomic E-state index is 12.2. The standard InChI is InChI=1S/C16H22N2O3/c1-20-16(6-7-21-11-16)10-18-15(19)8-12-9-17-14-5-3-2-4-13(12)14/h2-5,12,17H,6-11H2,1H3,(H,18,19). The number of anilines is 1. The molecule has 5 nitrogen and oxygen atoms in total. The minimum absolute atomic E-state index is 0.0711. The van der Waals surface area contributed by atoms with Crippen LogP contribution in [0.25, 0.3) is 0 Å². The SMILES string of the molecule is COC1(CNC(=O)CC2CNc3ccccc32)CCOC1. The maximum Gasteiger partial charge on any atom is 0.220 e. The monoisotopic (exact) mass is 290 g/mol. The molecule has 0 spiro atoms. The molecule has 2 atom stereocenters. The fourth-order valence-corrected chi connectivity index (χ4v) is 3.06. The van der Waals surface area contributed by atoms with Gasteiger partial charge in [-0.2, -0.15) is 0 Å². The minimum atomic E-state index is -0.346. The minimum Gasteiger partial charge on any atom is -0.384 e. The van der Waals surface area contributed by atoms with Gasteiger partial charge in [0.1, 0.15) is 5.60 Å². The molecule has 1 fully saturated rings. The van der Waals surface area contributed by atoms with Crippen LogP contribution in [0.5, 0.6) is 0 Å². The van der Waals surface area contributed by atoms with Gasteiger partial charge in [-0.1, -0.05) is 18.2 Å². The molecule has 2 aliphatic rings. The van der Waals surface area contributed by atoms with E-state index in [0.29, 0.717) is 26.2 Å². The van der Waals surface area contributed by atoms with Crippen LogP contribution in [-0.4, -0.2) is 44.9 Å². The number of methoxy groups -OCH3 is 1. The first kappa shape index (κ1) is 14.4. The number of hydrogen-bond acceptors (Lipinski definition) is 4. The van der Waals surface area contributed by atoms with Crippen LogP contribution in [0.3, 0.4) is 0 Å². The second kappa shape index (κ2) is 6.03. The maximum absolute atomic E-state index is 12.2. The van der Waals surface area contributed by atoms with E-state index in [9.17, 15) is 4.79 Å². The molecule has 2 aliphatic heterocycles. The normalized spacial score (nSPS) is 27.2. The Hall–Kier alpha value is -1.59. The molecule has 114 valence electrons. The van der Waals surface area contributed by atoms with Crippen molar-refractivity contribution in [3.8, 4) is 0 Å². The first-order chi connectivity index (χ1) is 10.2. The van der Waals surface area contributed by atoms with E-state index < -0.39 is 0 Å². The van der Waals surface area contributed by atoms with Crippen molar-refractivity contribution >= 4 is 11.6 Å². The van der Waals surface area contributed by atoms with Gasteiger partial charge >= 0.3 is 0 Å². The first-order valence-electron chi connectivity index (χ1n) is 7.45. The molecule has 0 saturated carbocycles. The van der Waals surface area contributed by atoms with Gasteiger partial charge in [0, 0.05) is 51.3 Å². The summed E-state index contributed by atoms with van der Waals surface area (Å²) < 4.78 is 10.9. The lowest BCUT2D eigenvalue weighted by Crippen LogP contribution is -2.45.